The number of ether oxygens (including phenoxy) is 1. The third-order valence-corrected chi connectivity index (χ3v) is 3.40. The number of methoxy groups -OCH3 is 1. The number of ketones is 1. The predicted molar refractivity (Wildman–Crippen MR) is 69.2 cm³/mol. The molecule has 3 nitrogen and oxygen atoms in total. The van der Waals surface area contributed by atoms with Crippen LogP contribution in [-0.2, 0) is 11.2 Å². The van der Waals surface area contributed by atoms with Gasteiger partial charge >= 0.3 is 0 Å². The van der Waals surface area contributed by atoms with Crippen molar-refractivity contribution in [3.8, 4) is 5.75 Å². The molecular formula is C14H21NO2. The van der Waals surface area contributed by atoms with E-state index in [-0.39, 0.29) is 5.78 Å². The normalized spacial score (nSPS) is 14.1. The van der Waals surface area contributed by atoms with Crippen molar-refractivity contribution in [2.45, 2.75) is 26.7 Å². The zero-order valence-corrected chi connectivity index (χ0v) is 10.8. The standard InChI is InChI=1S/C14H21NO2/c1-4-14(2,10-15)13(16)9-11-6-5-7-12(8-11)17-3/h5-8H,4,9-10,15H2,1-3H3. The molecule has 17 heavy (non-hydrogen) atoms. The van der Waals surface area contributed by atoms with E-state index in [9.17, 15) is 4.79 Å². The van der Waals surface area contributed by atoms with E-state index in [4.69, 9.17) is 10.5 Å². The zero-order chi connectivity index (χ0) is 12.9. The zero-order valence-electron chi connectivity index (χ0n) is 10.8. The highest BCUT2D eigenvalue weighted by atomic mass is 16.5. The molecule has 0 fully saturated rings. The Kier molecular flexibility index (Phi) is 4.70. The molecule has 1 aromatic rings. The van der Waals surface area contributed by atoms with Crippen LogP contribution in [0, 0.1) is 5.41 Å². The van der Waals surface area contributed by atoms with Gasteiger partial charge in [0.2, 0.25) is 0 Å². The van der Waals surface area contributed by atoms with Gasteiger partial charge in [-0.1, -0.05) is 26.0 Å². The maximum Gasteiger partial charge on any atom is 0.144 e. The monoisotopic (exact) mass is 235 g/mol. The summed E-state index contributed by atoms with van der Waals surface area (Å²) in [5.41, 5.74) is 6.24. The van der Waals surface area contributed by atoms with Crippen molar-refractivity contribution in [1.29, 1.82) is 0 Å². The van der Waals surface area contributed by atoms with Crippen molar-refractivity contribution >= 4 is 5.78 Å². The highest BCUT2D eigenvalue weighted by Crippen LogP contribution is 2.23. The van der Waals surface area contributed by atoms with Crippen LogP contribution in [0.2, 0.25) is 0 Å². The van der Waals surface area contributed by atoms with Crippen LogP contribution in [0.15, 0.2) is 24.3 Å². The lowest BCUT2D eigenvalue weighted by Gasteiger charge is -2.24. The molecule has 0 aliphatic carbocycles. The summed E-state index contributed by atoms with van der Waals surface area (Å²) in [4.78, 5) is 12.2. The molecule has 0 spiro atoms. The maximum atomic E-state index is 12.2. The van der Waals surface area contributed by atoms with E-state index in [1.807, 2.05) is 38.1 Å². The molecule has 2 N–H and O–H groups in total. The first kappa shape index (κ1) is 13.7. The summed E-state index contributed by atoms with van der Waals surface area (Å²) in [6.07, 6.45) is 1.19. The van der Waals surface area contributed by atoms with Gasteiger partial charge in [0.1, 0.15) is 11.5 Å². The topological polar surface area (TPSA) is 52.3 Å². The van der Waals surface area contributed by atoms with Crippen molar-refractivity contribution in [2.24, 2.45) is 11.1 Å². The molecule has 0 aliphatic rings. The Morgan fingerprint density at radius 2 is 2.18 bits per heavy atom. The molecule has 0 radical (unpaired) electrons. The van der Waals surface area contributed by atoms with E-state index < -0.39 is 5.41 Å². The van der Waals surface area contributed by atoms with E-state index in [0.29, 0.717) is 13.0 Å². The molecule has 1 rings (SSSR count). The maximum absolute atomic E-state index is 12.2. The van der Waals surface area contributed by atoms with Gasteiger partial charge < -0.3 is 10.5 Å². The minimum absolute atomic E-state index is 0.191. The van der Waals surface area contributed by atoms with Gasteiger partial charge in [-0.05, 0) is 24.1 Å². The average molecular weight is 235 g/mol. The molecule has 0 amide bonds. The summed E-state index contributed by atoms with van der Waals surface area (Å²) in [5, 5.41) is 0. The molecule has 0 saturated heterocycles. The quantitative estimate of drug-likeness (QED) is 0.822. The minimum atomic E-state index is -0.414. The molecule has 0 bridgehead atoms. The number of hydrogen-bond donors (Lipinski definition) is 1. The van der Waals surface area contributed by atoms with Crippen molar-refractivity contribution in [3.05, 3.63) is 29.8 Å². The first-order valence-electron chi connectivity index (χ1n) is 5.92. The lowest BCUT2D eigenvalue weighted by molar-refractivity contribution is -0.126. The van der Waals surface area contributed by atoms with Crippen LogP contribution in [0.3, 0.4) is 0 Å². The summed E-state index contributed by atoms with van der Waals surface area (Å²) < 4.78 is 5.14. The van der Waals surface area contributed by atoms with Crippen LogP contribution in [0.1, 0.15) is 25.8 Å². The molecule has 1 unspecified atom stereocenters. The van der Waals surface area contributed by atoms with Gasteiger partial charge in [-0.15, -0.1) is 0 Å². The summed E-state index contributed by atoms with van der Waals surface area (Å²) in [6.45, 7) is 4.32. The fourth-order valence-corrected chi connectivity index (χ4v) is 1.64. The molecule has 0 aliphatic heterocycles. The van der Waals surface area contributed by atoms with Crippen molar-refractivity contribution in [3.63, 3.8) is 0 Å². The Labute approximate surface area is 103 Å². The van der Waals surface area contributed by atoms with Gasteiger partial charge in [-0.3, -0.25) is 4.79 Å². The van der Waals surface area contributed by atoms with Crippen molar-refractivity contribution in [1.82, 2.24) is 0 Å². The van der Waals surface area contributed by atoms with Gasteiger partial charge in [0.15, 0.2) is 0 Å². The average Bonchev–Trinajstić information content (AvgIpc) is 2.37. The Hall–Kier alpha value is -1.35. The largest absolute Gasteiger partial charge is 0.497 e. The Morgan fingerprint density at radius 1 is 1.47 bits per heavy atom. The summed E-state index contributed by atoms with van der Waals surface area (Å²) in [5.74, 6) is 0.969. The first-order valence-corrected chi connectivity index (χ1v) is 5.92. The number of carbonyl (C=O) groups is 1. The van der Waals surface area contributed by atoms with E-state index in [2.05, 4.69) is 0 Å². The van der Waals surface area contributed by atoms with Gasteiger partial charge in [-0.25, -0.2) is 0 Å². The lowest BCUT2D eigenvalue weighted by atomic mass is 9.80. The first-order chi connectivity index (χ1) is 8.05. The third-order valence-electron chi connectivity index (χ3n) is 3.40. The van der Waals surface area contributed by atoms with Gasteiger partial charge in [0.25, 0.3) is 0 Å². The van der Waals surface area contributed by atoms with E-state index in [0.717, 1.165) is 17.7 Å². The minimum Gasteiger partial charge on any atom is -0.497 e. The van der Waals surface area contributed by atoms with Crippen LogP contribution in [0.4, 0.5) is 0 Å². The second kappa shape index (κ2) is 5.82. The summed E-state index contributed by atoms with van der Waals surface area (Å²) in [7, 11) is 1.62. The Morgan fingerprint density at radius 3 is 2.71 bits per heavy atom. The number of benzene rings is 1. The molecule has 1 atom stereocenters. The second-order valence-electron chi connectivity index (χ2n) is 4.57. The highest BCUT2D eigenvalue weighted by molar-refractivity contribution is 5.86. The molecule has 0 heterocycles. The fourth-order valence-electron chi connectivity index (χ4n) is 1.64. The van der Waals surface area contributed by atoms with Gasteiger partial charge in [-0.2, -0.15) is 0 Å². The highest BCUT2D eigenvalue weighted by Gasteiger charge is 2.29. The van der Waals surface area contributed by atoms with Crippen LogP contribution < -0.4 is 10.5 Å². The van der Waals surface area contributed by atoms with Gasteiger partial charge in [0.05, 0.1) is 7.11 Å². The smallest absolute Gasteiger partial charge is 0.144 e. The van der Waals surface area contributed by atoms with E-state index >= 15 is 0 Å². The van der Waals surface area contributed by atoms with Crippen LogP contribution in [-0.4, -0.2) is 19.4 Å². The summed E-state index contributed by atoms with van der Waals surface area (Å²) >= 11 is 0. The molecule has 1 aromatic carbocycles. The molecule has 3 heteroatoms. The number of Topliss-reactive ketones (excluding diaryl/α,β-unsaturated/α-hetero) is 1. The molecular weight excluding hydrogens is 214 g/mol. The number of nitrogens with two attached hydrogens (primary N) is 1. The number of hydrogen-bond acceptors (Lipinski definition) is 3. The summed E-state index contributed by atoms with van der Waals surface area (Å²) in [6, 6.07) is 7.60. The Balaban J connectivity index is 2.80. The van der Waals surface area contributed by atoms with Crippen molar-refractivity contribution < 1.29 is 9.53 Å². The van der Waals surface area contributed by atoms with Gasteiger partial charge in [0, 0.05) is 18.4 Å². The lowest BCUT2D eigenvalue weighted by Crippen LogP contribution is -2.36. The van der Waals surface area contributed by atoms with Crippen LogP contribution >= 0.6 is 0 Å². The van der Waals surface area contributed by atoms with E-state index in [1.165, 1.54) is 0 Å². The van der Waals surface area contributed by atoms with Crippen LogP contribution in [0.25, 0.3) is 0 Å². The van der Waals surface area contributed by atoms with Crippen LogP contribution in [0.5, 0.6) is 5.75 Å². The van der Waals surface area contributed by atoms with E-state index in [1.54, 1.807) is 7.11 Å². The number of rotatable bonds is 6. The second-order valence-corrected chi connectivity index (χ2v) is 4.57. The molecule has 0 aromatic heterocycles. The van der Waals surface area contributed by atoms with Crippen molar-refractivity contribution in [2.75, 3.05) is 13.7 Å². The SMILES string of the molecule is CCC(C)(CN)C(=O)Cc1cccc(OC)c1. The fraction of sp³-hybridized carbons (Fsp3) is 0.500. The molecule has 0 saturated carbocycles. The predicted octanol–water partition coefficient (Wildman–Crippen LogP) is 2.18. The third kappa shape index (κ3) is 3.30. The Bertz CT molecular complexity index is 384. The number of carbonyl (C=O) groups excluding carboxylic acids is 1. The molecule has 94 valence electrons.